The highest BCUT2D eigenvalue weighted by molar-refractivity contribution is 7.90. The first-order valence-corrected chi connectivity index (χ1v) is 11.1. The normalized spacial score (nSPS) is 11.4. The molecule has 1 aromatic heterocycles. The van der Waals surface area contributed by atoms with E-state index in [-0.39, 0.29) is 22.0 Å². The van der Waals surface area contributed by atoms with Gasteiger partial charge in [0.05, 0.1) is 23.3 Å². The average molecular weight is 433 g/mol. The Kier molecular flexibility index (Phi) is 5.44. The zero-order chi connectivity index (χ0) is 22.0. The van der Waals surface area contributed by atoms with Crippen molar-refractivity contribution in [3.05, 3.63) is 90.1 Å². The number of phenols is 1. The average Bonchev–Trinajstić information content (AvgIpc) is 2.78. The Morgan fingerprint density at radius 1 is 0.968 bits per heavy atom. The van der Waals surface area contributed by atoms with E-state index in [0.29, 0.717) is 5.56 Å². The van der Waals surface area contributed by atoms with Crippen molar-refractivity contribution in [3.8, 4) is 16.9 Å². The van der Waals surface area contributed by atoms with Gasteiger partial charge in [0.25, 0.3) is 0 Å². The van der Waals surface area contributed by atoms with Crippen molar-refractivity contribution in [1.29, 1.82) is 0 Å². The molecule has 0 radical (unpaired) electrons. The Bertz CT molecular complexity index is 1400. The number of hydrogen-bond donors (Lipinski definition) is 1. The zero-order valence-corrected chi connectivity index (χ0v) is 17.5. The molecule has 0 spiro atoms. The predicted octanol–water partition coefficient (Wildman–Crippen LogP) is 4.37. The molecule has 0 fully saturated rings. The van der Waals surface area contributed by atoms with Crippen LogP contribution in [0, 0.1) is 0 Å². The monoisotopic (exact) mass is 433 g/mol. The summed E-state index contributed by atoms with van der Waals surface area (Å²) in [7, 11) is -2.47. The fourth-order valence-electron chi connectivity index (χ4n) is 3.38. The number of sulfone groups is 1. The summed E-state index contributed by atoms with van der Waals surface area (Å²) in [5.74, 6) is -1.32. The molecule has 0 amide bonds. The van der Waals surface area contributed by atoms with Crippen molar-refractivity contribution in [3.63, 3.8) is 0 Å². The Morgan fingerprint density at radius 3 is 2.55 bits per heavy atom. The molecule has 0 saturated heterocycles. The van der Waals surface area contributed by atoms with E-state index in [1.807, 2.05) is 36.4 Å². The van der Waals surface area contributed by atoms with Gasteiger partial charge in [0.15, 0.2) is 9.84 Å². The van der Waals surface area contributed by atoms with Crippen LogP contribution in [0.5, 0.6) is 5.75 Å². The standard InChI is InChI=1S/C24H19NO5S/c1-30-24(27)21-9-7-16(12-23(21)26)15-31(28,29)20-6-2-4-17(14-20)18-8-10-22-19(13-18)5-3-11-25-22/h2-14,26H,15H2,1H3. The lowest BCUT2D eigenvalue weighted by molar-refractivity contribution is 0.0597. The van der Waals surface area contributed by atoms with E-state index in [0.717, 1.165) is 22.0 Å². The highest BCUT2D eigenvalue weighted by Gasteiger charge is 2.19. The number of aromatic nitrogens is 1. The maximum absolute atomic E-state index is 13.0. The molecular formula is C24H19NO5S. The molecule has 156 valence electrons. The molecule has 1 heterocycles. The van der Waals surface area contributed by atoms with Crippen LogP contribution in [-0.2, 0) is 20.3 Å². The summed E-state index contributed by atoms with van der Waals surface area (Å²) in [4.78, 5) is 16.1. The van der Waals surface area contributed by atoms with Gasteiger partial charge >= 0.3 is 5.97 Å². The predicted molar refractivity (Wildman–Crippen MR) is 118 cm³/mol. The molecule has 0 bridgehead atoms. The van der Waals surface area contributed by atoms with Gasteiger partial charge in [-0.25, -0.2) is 13.2 Å². The van der Waals surface area contributed by atoms with E-state index in [2.05, 4.69) is 9.72 Å². The van der Waals surface area contributed by atoms with Crippen LogP contribution >= 0.6 is 0 Å². The molecule has 3 aromatic carbocycles. The lowest BCUT2D eigenvalue weighted by atomic mass is 10.0. The van der Waals surface area contributed by atoms with Crippen LogP contribution in [0.3, 0.4) is 0 Å². The molecule has 6 nitrogen and oxygen atoms in total. The summed E-state index contributed by atoms with van der Waals surface area (Å²) in [6.07, 6.45) is 1.73. The number of aromatic hydroxyl groups is 1. The van der Waals surface area contributed by atoms with Gasteiger partial charge in [-0.05, 0) is 59.2 Å². The Hall–Kier alpha value is -3.71. The van der Waals surface area contributed by atoms with Crippen LogP contribution in [-0.4, -0.2) is 31.6 Å². The third kappa shape index (κ3) is 4.27. The molecule has 0 aliphatic heterocycles. The number of methoxy groups -OCH3 is 1. The number of phenolic OH excluding ortho intramolecular Hbond substituents is 1. The second-order valence-electron chi connectivity index (χ2n) is 7.04. The lowest BCUT2D eigenvalue weighted by Gasteiger charge is -2.09. The number of carbonyl (C=O) groups excluding carboxylic acids is 1. The van der Waals surface area contributed by atoms with Crippen molar-refractivity contribution >= 4 is 26.7 Å². The SMILES string of the molecule is COC(=O)c1ccc(CS(=O)(=O)c2cccc(-c3ccc4ncccc4c3)c2)cc1O. The largest absolute Gasteiger partial charge is 0.507 e. The summed E-state index contributed by atoms with van der Waals surface area (Å²) < 4.78 is 30.6. The molecule has 4 rings (SSSR count). The maximum Gasteiger partial charge on any atom is 0.341 e. The van der Waals surface area contributed by atoms with Crippen molar-refractivity contribution in [2.75, 3.05) is 7.11 Å². The van der Waals surface area contributed by atoms with Gasteiger partial charge in [-0.3, -0.25) is 4.98 Å². The van der Waals surface area contributed by atoms with Crippen LogP contribution in [0.4, 0.5) is 0 Å². The third-order valence-corrected chi connectivity index (χ3v) is 6.64. The maximum atomic E-state index is 13.0. The molecule has 1 N–H and O–H groups in total. The van der Waals surface area contributed by atoms with Crippen molar-refractivity contribution in [1.82, 2.24) is 4.98 Å². The zero-order valence-electron chi connectivity index (χ0n) is 16.6. The van der Waals surface area contributed by atoms with E-state index in [1.165, 1.54) is 25.3 Å². The van der Waals surface area contributed by atoms with Crippen LogP contribution < -0.4 is 0 Å². The van der Waals surface area contributed by atoms with Gasteiger partial charge in [0.1, 0.15) is 11.3 Å². The Morgan fingerprint density at radius 2 is 1.77 bits per heavy atom. The van der Waals surface area contributed by atoms with E-state index in [1.54, 1.807) is 24.4 Å². The minimum Gasteiger partial charge on any atom is -0.507 e. The molecule has 31 heavy (non-hydrogen) atoms. The first-order chi connectivity index (χ1) is 14.9. The minimum absolute atomic E-state index is 0.0172. The summed E-state index contributed by atoms with van der Waals surface area (Å²) in [5.41, 5.74) is 2.88. The number of fused-ring (bicyclic) bond motifs is 1. The lowest BCUT2D eigenvalue weighted by Crippen LogP contribution is -2.06. The molecule has 0 saturated carbocycles. The molecule has 0 aliphatic carbocycles. The van der Waals surface area contributed by atoms with Crippen molar-refractivity contribution < 1.29 is 23.1 Å². The number of rotatable bonds is 5. The quantitative estimate of drug-likeness (QED) is 0.470. The number of benzene rings is 3. The fourth-order valence-corrected chi connectivity index (χ4v) is 4.75. The molecular weight excluding hydrogens is 414 g/mol. The summed E-state index contributed by atoms with van der Waals surface area (Å²) in [5, 5.41) is 11.0. The molecule has 0 aliphatic rings. The van der Waals surface area contributed by atoms with Gasteiger partial charge in [-0.15, -0.1) is 0 Å². The van der Waals surface area contributed by atoms with Gasteiger partial charge in [-0.2, -0.15) is 0 Å². The minimum atomic E-state index is -3.68. The number of esters is 1. The molecule has 4 aromatic rings. The second kappa shape index (κ2) is 8.20. The van der Waals surface area contributed by atoms with Crippen LogP contribution in [0.25, 0.3) is 22.0 Å². The number of nitrogens with zero attached hydrogens (tertiary/aromatic N) is 1. The van der Waals surface area contributed by atoms with Crippen molar-refractivity contribution in [2.45, 2.75) is 10.6 Å². The number of ether oxygens (including phenoxy) is 1. The smallest absolute Gasteiger partial charge is 0.341 e. The summed E-state index contributed by atoms with van der Waals surface area (Å²) >= 11 is 0. The highest BCUT2D eigenvalue weighted by atomic mass is 32.2. The number of pyridine rings is 1. The second-order valence-corrected chi connectivity index (χ2v) is 9.03. The van der Waals surface area contributed by atoms with Gasteiger partial charge in [-0.1, -0.05) is 30.3 Å². The summed E-state index contributed by atoms with van der Waals surface area (Å²) in [6, 6.07) is 20.4. The molecule has 0 unspecified atom stereocenters. The molecule has 7 heteroatoms. The van der Waals surface area contributed by atoms with Gasteiger partial charge in [0, 0.05) is 11.6 Å². The van der Waals surface area contributed by atoms with Gasteiger partial charge in [0.2, 0.25) is 0 Å². The Balaban J connectivity index is 1.64. The summed E-state index contributed by atoms with van der Waals surface area (Å²) in [6.45, 7) is 0. The molecule has 0 atom stereocenters. The fraction of sp³-hybridized carbons (Fsp3) is 0.0833. The highest BCUT2D eigenvalue weighted by Crippen LogP contribution is 2.28. The van der Waals surface area contributed by atoms with Crippen LogP contribution in [0.2, 0.25) is 0 Å². The van der Waals surface area contributed by atoms with E-state index in [4.69, 9.17) is 0 Å². The van der Waals surface area contributed by atoms with E-state index in [9.17, 15) is 18.3 Å². The topological polar surface area (TPSA) is 93.6 Å². The first-order valence-electron chi connectivity index (χ1n) is 9.45. The van der Waals surface area contributed by atoms with E-state index >= 15 is 0 Å². The first kappa shape index (κ1) is 20.6. The van der Waals surface area contributed by atoms with Gasteiger partial charge < -0.3 is 9.84 Å². The number of carbonyl (C=O) groups is 1. The van der Waals surface area contributed by atoms with Crippen LogP contribution in [0.15, 0.2) is 83.9 Å². The number of hydrogen-bond acceptors (Lipinski definition) is 6. The van der Waals surface area contributed by atoms with Crippen molar-refractivity contribution in [2.24, 2.45) is 0 Å². The van der Waals surface area contributed by atoms with Crippen LogP contribution in [0.1, 0.15) is 15.9 Å². The third-order valence-electron chi connectivity index (χ3n) is 4.95. The Labute approximate surface area is 179 Å². The van der Waals surface area contributed by atoms with E-state index < -0.39 is 15.8 Å².